The summed E-state index contributed by atoms with van der Waals surface area (Å²) in [6.07, 6.45) is 0. The van der Waals surface area contributed by atoms with Gasteiger partial charge in [-0.3, -0.25) is 14.2 Å². The van der Waals surface area contributed by atoms with Crippen molar-refractivity contribution in [1.29, 1.82) is 0 Å². The molecule has 0 radical (unpaired) electrons. The topological polar surface area (TPSA) is 96.6 Å². The van der Waals surface area contributed by atoms with Gasteiger partial charge in [0.15, 0.2) is 5.16 Å². The zero-order chi connectivity index (χ0) is 22.5. The number of aromatic nitrogens is 2. The first kappa shape index (κ1) is 21.3. The first-order chi connectivity index (χ1) is 15.5. The van der Waals surface area contributed by atoms with Gasteiger partial charge in [-0.15, -0.1) is 0 Å². The average molecular weight is 445 g/mol. The van der Waals surface area contributed by atoms with Crippen molar-refractivity contribution in [2.24, 2.45) is 5.10 Å². The summed E-state index contributed by atoms with van der Waals surface area (Å²) < 4.78 is 1.52. The second kappa shape index (κ2) is 9.49. The number of hydrogen-bond donors (Lipinski definition) is 2. The number of phenols is 1. The molecular formula is C24H20N4O3S. The number of aromatic hydroxyl groups is 1. The van der Waals surface area contributed by atoms with Crippen LogP contribution in [-0.4, -0.2) is 32.0 Å². The molecule has 0 fully saturated rings. The molecule has 8 heteroatoms. The van der Waals surface area contributed by atoms with Gasteiger partial charge in [-0.25, -0.2) is 10.4 Å². The molecule has 0 spiro atoms. The predicted molar refractivity (Wildman–Crippen MR) is 127 cm³/mol. The second-order valence-electron chi connectivity index (χ2n) is 6.96. The Morgan fingerprint density at radius 3 is 2.59 bits per heavy atom. The van der Waals surface area contributed by atoms with Crippen molar-refractivity contribution >= 4 is 34.3 Å². The van der Waals surface area contributed by atoms with E-state index in [1.165, 1.54) is 4.57 Å². The number of hydrazone groups is 1. The molecule has 1 aromatic heterocycles. The summed E-state index contributed by atoms with van der Waals surface area (Å²) in [5.41, 5.74) is 4.83. The number of benzene rings is 3. The quantitative estimate of drug-likeness (QED) is 0.204. The molecule has 1 amide bonds. The Hall–Kier alpha value is -3.91. The SMILES string of the molecule is C/C(=N\NC(=O)CSc1nc2ccccc2c(=O)n1-c1ccccc1)c1cccc(O)c1. The predicted octanol–water partition coefficient (Wildman–Crippen LogP) is 3.72. The van der Waals surface area contributed by atoms with Crippen LogP contribution >= 0.6 is 11.8 Å². The van der Waals surface area contributed by atoms with E-state index in [1.54, 1.807) is 49.4 Å². The van der Waals surface area contributed by atoms with E-state index in [0.29, 0.717) is 33.0 Å². The van der Waals surface area contributed by atoms with Gasteiger partial charge in [-0.2, -0.15) is 5.10 Å². The number of amides is 1. The molecule has 4 aromatic rings. The zero-order valence-electron chi connectivity index (χ0n) is 17.2. The fourth-order valence-corrected chi connectivity index (χ4v) is 3.92. The third-order valence-electron chi connectivity index (χ3n) is 4.70. The van der Waals surface area contributed by atoms with Gasteiger partial charge in [0.25, 0.3) is 11.5 Å². The number of rotatable bonds is 6. The summed E-state index contributed by atoms with van der Waals surface area (Å²) in [5, 5.41) is 14.6. The first-order valence-corrected chi connectivity index (χ1v) is 10.8. The van der Waals surface area contributed by atoms with E-state index < -0.39 is 0 Å². The summed E-state index contributed by atoms with van der Waals surface area (Å²) in [5.74, 6) is -0.189. The Morgan fingerprint density at radius 2 is 1.81 bits per heavy atom. The van der Waals surface area contributed by atoms with Crippen molar-refractivity contribution < 1.29 is 9.90 Å². The van der Waals surface area contributed by atoms with Gasteiger partial charge in [-0.05, 0) is 43.3 Å². The number of nitrogens with one attached hydrogen (secondary N) is 1. The monoisotopic (exact) mass is 444 g/mol. The van der Waals surface area contributed by atoms with Crippen molar-refractivity contribution in [3.63, 3.8) is 0 Å². The molecule has 4 rings (SSSR count). The maximum absolute atomic E-state index is 13.2. The van der Waals surface area contributed by atoms with Crippen molar-refractivity contribution in [3.05, 3.63) is 94.8 Å². The minimum absolute atomic E-state index is 0.0223. The number of phenolic OH excluding ortho intramolecular Hbond substituents is 1. The number of hydrogen-bond acceptors (Lipinski definition) is 6. The van der Waals surface area contributed by atoms with E-state index >= 15 is 0 Å². The average Bonchev–Trinajstić information content (AvgIpc) is 2.82. The van der Waals surface area contributed by atoms with Crippen LogP contribution in [0, 0.1) is 0 Å². The highest BCUT2D eigenvalue weighted by atomic mass is 32.2. The smallest absolute Gasteiger partial charge is 0.266 e. The molecule has 0 aliphatic carbocycles. The lowest BCUT2D eigenvalue weighted by molar-refractivity contribution is -0.118. The lowest BCUT2D eigenvalue weighted by atomic mass is 10.1. The van der Waals surface area contributed by atoms with Gasteiger partial charge in [0.1, 0.15) is 5.75 Å². The van der Waals surface area contributed by atoms with E-state index in [1.807, 2.05) is 36.4 Å². The van der Waals surface area contributed by atoms with Crippen molar-refractivity contribution in [2.45, 2.75) is 12.1 Å². The van der Waals surface area contributed by atoms with E-state index in [0.717, 1.165) is 11.8 Å². The summed E-state index contributed by atoms with van der Waals surface area (Å²) in [6.45, 7) is 1.74. The summed E-state index contributed by atoms with van der Waals surface area (Å²) in [6, 6.07) is 23.0. The molecule has 32 heavy (non-hydrogen) atoms. The van der Waals surface area contributed by atoms with Gasteiger partial charge in [0.05, 0.1) is 28.1 Å². The molecule has 1 heterocycles. The minimum Gasteiger partial charge on any atom is -0.508 e. The maximum Gasteiger partial charge on any atom is 0.266 e. The highest BCUT2D eigenvalue weighted by Crippen LogP contribution is 2.21. The number of nitrogens with zero attached hydrogens (tertiary/aromatic N) is 3. The second-order valence-corrected chi connectivity index (χ2v) is 7.90. The summed E-state index contributed by atoms with van der Waals surface area (Å²) in [4.78, 5) is 30.2. The third-order valence-corrected chi connectivity index (χ3v) is 5.64. The molecule has 0 aliphatic rings. The Balaban J connectivity index is 1.57. The number of thioether (sulfide) groups is 1. The van der Waals surface area contributed by atoms with Gasteiger partial charge >= 0.3 is 0 Å². The lowest BCUT2D eigenvalue weighted by Gasteiger charge is -2.13. The van der Waals surface area contributed by atoms with Crippen LogP contribution in [0.3, 0.4) is 0 Å². The normalized spacial score (nSPS) is 11.5. The molecule has 0 atom stereocenters. The number of fused-ring (bicyclic) bond motifs is 1. The fourth-order valence-electron chi connectivity index (χ4n) is 3.12. The number of para-hydroxylation sites is 2. The third kappa shape index (κ3) is 4.70. The standard InChI is InChI=1S/C24H20N4O3S/c1-16(17-8-7-11-19(29)14-17)26-27-22(30)15-32-24-25-21-13-6-5-12-20(21)23(31)28(24)18-9-3-2-4-10-18/h2-14,29H,15H2,1H3,(H,27,30)/b26-16+. The molecule has 7 nitrogen and oxygen atoms in total. The van der Waals surface area contributed by atoms with Gasteiger partial charge in [0, 0.05) is 5.56 Å². The number of carbonyl (C=O) groups excluding carboxylic acids is 1. The van der Waals surface area contributed by atoms with Crippen LogP contribution in [0.2, 0.25) is 0 Å². The Morgan fingerprint density at radius 1 is 1.06 bits per heavy atom. The molecule has 0 unspecified atom stereocenters. The van der Waals surface area contributed by atoms with Gasteiger partial charge in [-0.1, -0.05) is 54.2 Å². The van der Waals surface area contributed by atoms with Crippen LogP contribution < -0.4 is 11.0 Å². The fraction of sp³-hybridized carbons (Fsp3) is 0.0833. The van der Waals surface area contributed by atoms with Crippen LogP contribution in [0.25, 0.3) is 16.6 Å². The Bertz CT molecular complexity index is 1370. The van der Waals surface area contributed by atoms with Crippen molar-refractivity contribution in [1.82, 2.24) is 15.0 Å². The molecule has 2 N–H and O–H groups in total. The minimum atomic E-state index is -0.337. The van der Waals surface area contributed by atoms with E-state index in [2.05, 4.69) is 15.5 Å². The van der Waals surface area contributed by atoms with Crippen LogP contribution in [0.5, 0.6) is 5.75 Å². The van der Waals surface area contributed by atoms with Crippen LogP contribution in [0.4, 0.5) is 0 Å². The molecule has 160 valence electrons. The number of carbonyl (C=O) groups is 1. The summed E-state index contributed by atoms with van der Waals surface area (Å²) >= 11 is 1.16. The zero-order valence-corrected chi connectivity index (χ0v) is 18.0. The first-order valence-electron chi connectivity index (χ1n) is 9.85. The maximum atomic E-state index is 13.2. The van der Waals surface area contributed by atoms with Gasteiger partial charge < -0.3 is 5.11 Å². The molecular weight excluding hydrogens is 424 g/mol. The molecule has 0 saturated carbocycles. The molecule has 0 aliphatic heterocycles. The van der Waals surface area contributed by atoms with Crippen LogP contribution in [-0.2, 0) is 4.79 Å². The van der Waals surface area contributed by atoms with Crippen LogP contribution in [0.15, 0.2) is 93.9 Å². The van der Waals surface area contributed by atoms with E-state index in [-0.39, 0.29) is 23.0 Å². The summed E-state index contributed by atoms with van der Waals surface area (Å²) in [7, 11) is 0. The van der Waals surface area contributed by atoms with E-state index in [9.17, 15) is 14.7 Å². The molecule has 0 saturated heterocycles. The largest absolute Gasteiger partial charge is 0.508 e. The van der Waals surface area contributed by atoms with Crippen molar-refractivity contribution in [2.75, 3.05) is 5.75 Å². The lowest BCUT2D eigenvalue weighted by Crippen LogP contribution is -2.24. The van der Waals surface area contributed by atoms with Crippen LogP contribution in [0.1, 0.15) is 12.5 Å². The highest BCUT2D eigenvalue weighted by molar-refractivity contribution is 7.99. The molecule has 0 bridgehead atoms. The highest BCUT2D eigenvalue weighted by Gasteiger charge is 2.14. The van der Waals surface area contributed by atoms with Crippen molar-refractivity contribution in [3.8, 4) is 11.4 Å². The molecule has 3 aromatic carbocycles. The Kier molecular flexibility index (Phi) is 6.32. The van der Waals surface area contributed by atoms with Gasteiger partial charge in [0.2, 0.25) is 0 Å². The Labute approximate surface area is 188 Å². The van der Waals surface area contributed by atoms with E-state index in [4.69, 9.17) is 0 Å².